The van der Waals surface area contributed by atoms with Gasteiger partial charge in [0.1, 0.15) is 0 Å². The van der Waals surface area contributed by atoms with Crippen LogP contribution in [-0.4, -0.2) is 23.3 Å². The number of rotatable bonds is 2. The summed E-state index contributed by atoms with van der Waals surface area (Å²) in [6.07, 6.45) is 9.19. The molecule has 0 radical (unpaired) electrons. The first kappa shape index (κ1) is 14.5. The molecule has 0 saturated carbocycles. The molecule has 2 aliphatic heterocycles. The Morgan fingerprint density at radius 2 is 2.12 bits per heavy atom. The molecule has 126 valence electrons. The molecular weight excluding hydrogens is 314 g/mol. The predicted molar refractivity (Wildman–Crippen MR) is 96.9 cm³/mol. The molecule has 1 aromatic carbocycles. The van der Waals surface area contributed by atoms with E-state index in [0.717, 1.165) is 35.5 Å². The average molecular weight is 333 g/mol. The molecule has 1 unspecified atom stereocenters. The first-order chi connectivity index (χ1) is 12.3. The van der Waals surface area contributed by atoms with Gasteiger partial charge in [0.05, 0.1) is 6.04 Å². The van der Waals surface area contributed by atoms with Crippen molar-refractivity contribution in [1.29, 1.82) is 0 Å². The Bertz CT molecular complexity index is 990. The molecule has 0 aliphatic carbocycles. The maximum atomic E-state index is 5.50. The molecule has 0 saturated heterocycles. The smallest absolute Gasteiger partial charge is 0.231 e. The van der Waals surface area contributed by atoms with Gasteiger partial charge in [-0.25, -0.2) is 0 Å². The van der Waals surface area contributed by atoms with E-state index in [1.165, 1.54) is 22.2 Å². The van der Waals surface area contributed by atoms with Crippen LogP contribution >= 0.6 is 0 Å². The predicted octanol–water partition coefficient (Wildman–Crippen LogP) is 3.50. The second kappa shape index (κ2) is 5.63. The minimum Gasteiger partial charge on any atom is -0.454 e. The van der Waals surface area contributed by atoms with Crippen LogP contribution in [0, 0.1) is 6.92 Å². The van der Waals surface area contributed by atoms with Gasteiger partial charge in [-0.15, -0.1) is 0 Å². The van der Waals surface area contributed by atoms with Gasteiger partial charge in [-0.05, 0) is 48.2 Å². The number of nitrogens with zero attached hydrogens (tertiary/aromatic N) is 1. The van der Waals surface area contributed by atoms with E-state index in [2.05, 4.69) is 34.4 Å². The zero-order chi connectivity index (χ0) is 16.8. The number of hydrogen-bond acceptors (Lipinski definition) is 4. The molecule has 2 aromatic heterocycles. The highest BCUT2D eigenvalue weighted by Crippen LogP contribution is 2.36. The summed E-state index contributed by atoms with van der Waals surface area (Å²) in [5.74, 6) is 1.65. The third kappa shape index (κ3) is 2.39. The number of nitrogens with one attached hydrogen (secondary N) is 2. The monoisotopic (exact) mass is 333 g/mol. The van der Waals surface area contributed by atoms with Crippen LogP contribution in [0.2, 0.25) is 0 Å². The van der Waals surface area contributed by atoms with Crippen molar-refractivity contribution in [1.82, 2.24) is 15.3 Å². The Labute approximate surface area is 145 Å². The maximum Gasteiger partial charge on any atom is 0.231 e. The van der Waals surface area contributed by atoms with Gasteiger partial charge in [0.2, 0.25) is 6.79 Å². The Kier molecular flexibility index (Phi) is 3.28. The molecule has 2 aliphatic rings. The summed E-state index contributed by atoms with van der Waals surface area (Å²) in [5.41, 5.74) is 6.09. The maximum absolute atomic E-state index is 5.50. The topological polar surface area (TPSA) is 59.2 Å². The van der Waals surface area contributed by atoms with E-state index in [-0.39, 0.29) is 6.04 Å². The second-order valence-electron chi connectivity index (χ2n) is 6.54. The zero-order valence-corrected chi connectivity index (χ0v) is 14.0. The van der Waals surface area contributed by atoms with Crippen molar-refractivity contribution in [3.8, 4) is 11.5 Å². The fourth-order valence-electron chi connectivity index (χ4n) is 3.70. The van der Waals surface area contributed by atoms with Crippen LogP contribution in [0.1, 0.15) is 28.4 Å². The number of aryl methyl sites for hydroxylation is 1. The number of hydrogen-bond donors (Lipinski definition) is 2. The zero-order valence-electron chi connectivity index (χ0n) is 14.0. The Balaban J connectivity index is 1.51. The van der Waals surface area contributed by atoms with Gasteiger partial charge in [-0.3, -0.25) is 4.98 Å². The summed E-state index contributed by atoms with van der Waals surface area (Å²) in [6, 6.07) is 6.29. The van der Waals surface area contributed by atoms with Crippen LogP contribution in [0.5, 0.6) is 11.5 Å². The minimum absolute atomic E-state index is 0.168. The number of aromatic nitrogens is 2. The van der Waals surface area contributed by atoms with Crippen LogP contribution in [0.15, 0.2) is 36.7 Å². The van der Waals surface area contributed by atoms with Crippen molar-refractivity contribution in [2.75, 3.05) is 13.3 Å². The lowest BCUT2D eigenvalue weighted by Gasteiger charge is -2.21. The fraction of sp³-hybridized carbons (Fsp3) is 0.250. The van der Waals surface area contributed by atoms with Crippen LogP contribution in [-0.2, 0) is 6.42 Å². The molecule has 0 spiro atoms. The van der Waals surface area contributed by atoms with Crippen LogP contribution in [0.25, 0.3) is 17.0 Å². The minimum atomic E-state index is 0.168. The van der Waals surface area contributed by atoms with E-state index < -0.39 is 0 Å². The summed E-state index contributed by atoms with van der Waals surface area (Å²) >= 11 is 0. The summed E-state index contributed by atoms with van der Waals surface area (Å²) in [7, 11) is 0. The molecule has 2 N–H and O–H groups in total. The van der Waals surface area contributed by atoms with Gasteiger partial charge < -0.3 is 19.8 Å². The van der Waals surface area contributed by atoms with Crippen molar-refractivity contribution in [3.05, 3.63) is 59.1 Å². The number of aromatic amines is 1. The lowest BCUT2D eigenvalue weighted by molar-refractivity contribution is 0.174. The molecule has 5 heteroatoms. The van der Waals surface area contributed by atoms with E-state index in [0.29, 0.717) is 6.79 Å². The first-order valence-electron chi connectivity index (χ1n) is 8.56. The highest BCUT2D eigenvalue weighted by Gasteiger charge is 2.22. The largest absolute Gasteiger partial charge is 0.454 e. The third-order valence-electron chi connectivity index (χ3n) is 5.02. The van der Waals surface area contributed by atoms with Gasteiger partial charge >= 0.3 is 0 Å². The molecule has 3 aromatic rings. The highest BCUT2D eigenvalue weighted by atomic mass is 16.7. The van der Waals surface area contributed by atoms with Crippen molar-refractivity contribution in [2.45, 2.75) is 19.4 Å². The Morgan fingerprint density at radius 1 is 1.24 bits per heavy atom. The lowest BCUT2D eigenvalue weighted by Crippen LogP contribution is -2.28. The summed E-state index contributed by atoms with van der Waals surface area (Å²) in [6.45, 7) is 3.36. The van der Waals surface area contributed by atoms with Gasteiger partial charge in [-0.2, -0.15) is 0 Å². The highest BCUT2D eigenvalue weighted by molar-refractivity contribution is 5.84. The third-order valence-corrected chi connectivity index (χ3v) is 5.02. The van der Waals surface area contributed by atoms with Crippen molar-refractivity contribution >= 4 is 17.0 Å². The van der Waals surface area contributed by atoms with Crippen LogP contribution < -0.4 is 14.8 Å². The molecule has 5 nitrogen and oxygen atoms in total. The Hall–Kier alpha value is -2.79. The van der Waals surface area contributed by atoms with E-state index >= 15 is 0 Å². The average Bonchev–Trinajstić information content (AvgIpc) is 3.23. The molecule has 5 rings (SSSR count). The molecule has 0 bridgehead atoms. The summed E-state index contributed by atoms with van der Waals surface area (Å²) in [5, 5.41) is 4.82. The lowest BCUT2D eigenvalue weighted by atomic mass is 9.98. The molecule has 0 fully saturated rings. The normalized spacial score (nSPS) is 18.8. The second-order valence-corrected chi connectivity index (χ2v) is 6.54. The van der Waals surface area contributed by atoms with Gasteiger partial charge in [0, 0.05) is 35.5 Å². The number of pyridine rings is 1. The van der Waals surface area contributed by atoms with E-state index in [1.54, 1.807) is 0 Å². The van der Waals surface area contributed by atoms with Crippen LogP contribution in [0.4, 0.5) is 0 Å². The first-order valence-corrected chi connectivity index (χ1v) is 8.56. The quantitative estimate of drug-likeness (QED) is 0.753. The molecule has 1 atom stereocenters. The van der Waals surface area contributed by atoms with Gasteiger partial charge in [-0.1, -0.05) is 12.2 Å². The number of H-pyrrole nitrogens is 1. The van der Waals surface area contributed by atoms with Crippen molar-refractivity contribution in [2.24, 2.45) is 0 Å². The van der Waals surface area contributed by atoms with E-state index in [1.807, 2.05) is 30.6 Å². The number of ether oxygens (including phenoxy) is 2. The molecule has 0 amide bonds. The summed E-state index contributed by atoms with van der Waals surface area (Å²) < 4.78 is 10.9. The van der Waals surface area contributed by atoms with Crippen molar-refractivity contribution < 1.29 is 9.47 Å². The molecule has 4 heterocycles. The number of fused-ring (bicyclic) bond motifs is 4. The number of benzene rings is 1. The fourth-order valence-corrected chi connectivity index (χ4v) is 3.70. The van der Waals surface area contributed by atoms with Crippen molar-refractivity contribution in [3.63, 3.8) is 0 Å². The molecule has 25 heavy (non-hydrogen) atoms. The van der Waals surface area contributed by atoms with Gasteiger partial charge in [0.15, 0.2) is 11.5 Å². The SMILES string of the molecule is Cc1cc2c(cc1/C=C/C1NCCc3c1[nH]c1ccncc31)OCO2. The van der Waals surface area contributed by atoms with Crippen LogP contribution in [0.3, 0.4) is 0 Å². The van der Waals surface area contributed by atoms with E-state index in [4.69, 9.17) is 9.47 Å². The summed E-state index contributed by atoms with van der Waals surface area (Å²) in [4.78, 5) is 7.83. The van der Waals surface area contributed by atoms with E-state index in [9.17, 15) is 0 Å². The Morgan fingerprint density at radius 3 is 3.04 bits per heavy atom. The standard InChI is InChI=1S/C20H19N3O2/c1-12-8-18-19(25-11-24-18)9-13(12)2-3-17-20-14(4-7-22-17)15-10-21-6-5-16(15)23-20/h2-3,5-6,8-10,17,22-23H,4,7,11H2,1H3/b3-2+. The molecular formula is C20H19N3O2. The van der Waals surface area contributed by atoms with Gasteiger partial charge in [0.25, 0.3) is 0 Å².